The van der Waals surface area contributed by atoms with Crippen LogP contribution in [0.2, 0.25) is 0 Å². The Bertz CT molecular complexity index is 926. The zero-order valence-corrected chi connectivity index (χ0v) is 14.1. The smallest absolute Gasteiger partial charge is 0.269 e. The van der Waals surface area contributed by atoms with Crippen LogP contribution in [0.25, 0.3) is 0 Å². The molecular formula is C18H15N3O3S. The number of oxime groups is 1. The zero-order chi connectivity index (χ0) is 17.4. The number of aryl methyl sites for hydroxylation is 1. The lowest BCUT2D eigenvalue weighted by molar-refractivity contribution is -0.125. The minimum absolute atomic E-state index is 0.104. The summed E-state index contributed by atoms with van der Waals surface area (Å²) in [7, 11) is 0. The van der Waals surface area contributed by atoms with Gasteiger partial charge in [0.05, 0.1) is 11.3 Å². The average Bonchev–Trinajstić information content (AvgIpc) is 3.30. The Labute approximate surface area is 148 Å². The van der Waals surface area contributed by atoms with Gasteiger partial charge >= 0.3 is 0 Å². The molecule has 2 aromatic rings. The molecule has 0 spiro atoms. The summed E-state index contributed by atoms with van der Waals surface area (Å²) in [5, 5.41) is 26.6. The maximum absolute atomic E-state index is 12.5. The van der Waals surface area contributed by atoms with Crippen LogP contribution in [0.15, 0.2) is 29.4 Å². The van der Waals surface area contributed by atoms with E-state index in [0.29, 0.717) is 21.8 Å². The van der Waals surface area contributed by atoms with Crippen molar-refractivity contribution in [3.8, 4) is 11.8 Å². The Balaban J connectivity index is 1.48. The molecule has 0 fully saturated rings. The number of nitrogens with one attached hydrogen (secondary N) is 1. The minimum Gasteiger partial charge on any atom is -0.507 e. The molecule has 0 saturated heterocycles. The number of hydrogen-bond acceptors (Lipinski definition) is 6. The summed E-state index contributed by atoms with van der Waals surface area (Å²) in [5.74, 6) is -0.224. The van der Waals surface area contributed by atoms with Gasteiger partial charge in [-0.05, 0) is 37.0 Å². The second-order valence-electron chi connectivity index (χ2n) is 6.02. The van der Waals surface area contributed by atoms with Crippen LogP contribution in [0.4, 0.5) is 5.00 Å². The molecule has 0 unspecified atom stereocenters. The summed E-state index contributed by atoms with van der Waals surface area (Å²) in [5.41, 5.74) is 2.74. The van der Waals surface area contributed by atoms with Gasteiger partial charge in [-0.3, -0.25) is 4.79 Å². The second kappa shape index (κ2) is 6.22. The van der Waals surface area contributed by atoms with Crippen molar-refractivity contribution in [3.05, 3.63) is 45.8 Å². The highest BCUT2D eigenvalue weighted by Crippen LogP contribution is 2.38. The second-order valence-corrected chi connectivity index (χ2v) is 7.12. The normalized spacial score (nSPS) is 18.2. The number of nitriles is 1. The number of hydrogen-bond donors (Lipinski definition) is 2. The maximum Gasteiger partial charge on any atom is 0.269 e. The number of anilines is 1. The summed E-state index contributed by atoms with van der Waals surface area (Å²) < 4.78 is 0. The van der Waals surface area contributed by atoms with E-state index in [9.17, 15) is 15.2 Å². The standard InChI is InChI=1S/C18H15N3O3S/c19-9-12-10-5-3-7-16(10)25-18(12)20-17(23)15-8-13(21-24-15)11-4-1-2-6-14(11)22/h1-2,4,6,15,22H,3,5,7-8H2,(H,20,23)/t15-/m1/s1. The van der Waals surface area contributed by atoms with Crippen molar-refractivity contribution in [2.24, 2.45) is 5.16 Å². The monoisotopic (exact) mass is 353 g/mol. The number of fused-ring (bicyclic) bond motifs is 1. The number of nitrogens with zero attached hydrogens (tertiary/aromatic N) is 2. The number of carbonyl (C=O) groups is 1. The number of benzene rings is 1. The fraction of sp³-hybridized carbons (Fsp3) is 0.278. The Morgan fingerprint density at radius 3 is 3.04 bits per heavy atom. The van der Waals surface area contributed by atoms with Gasteiger partial charge in [0.25, 0.3) is 5.91 Å². The molecule has 6 nitrogen and oxygen atoms in total. The Hall–Kier alpha value is -2.85. The van der Waals surface area contributed by atoms with Gasteiger partial charge in [0.2, 0.25) is 6.10 Å². The maximum atomic E-state index is 12.5. The fourth-order valence-electron chi connectivity index (χ4n) is 3.20. The molecule has 1 aromatic carbocycles. The van der Waals surface area contributed by atoms with E-state index >= 15 is 0 Å². The molecule has 0 bridgehead atoms. The van der Waals surface area contributed by atoms with Crippen LogP contribution < -0.4 is 5.32 Å². The van der Waals surface area contributed by atoms with Gasteiger partial charge in [0.15, 0.2) is 0 Å². The van der Waals surface area contributed by atoms with Gasteiger partial charge in [0.1, 0.15) is 16.8 Å². The van der Waals surface area contributed by atoms with Crippen molar-refractivity contribution in [2.45, 2.75) is 31.8 Å². The molecule has 2 aliphatic rings. The number of phenolic OH excluding ortho intramolecular Hbond substituents is 1. The molecular weight excluding hydrogens is 338 g/mol. The third-order valence-electron chi connectivity index (χ3n) is 4.45. The summed E-state index contributed by atoms with van der Waals surface area (Å²) in [6.45, 7) is 0. The Morgan fingerprint density at radius 1 is 1.40 bits per heavy atom. The number of thiophene rings is 1. The van der Waals surface area contributed by atoms with Gasteiger partial charge in [0, 0.05) is 16.9 Å². The summed E-state index contributed by atoms with van der Waals surface area (Å²) >= 11 is 1.47. The molecule has 1 aliphatic heterocycles. The predicted molar refractivity (Wildman–Crippen MR) is 93.8 cm³/mol. The highest BCUT2D eigenvalue weighted by molar-refractivity contribution is 7.16. The number of amides is 1. The number of carbonyl (C=O) groups excluding carboxylic acids is 1. The van der Waals surface area contributed by atoms with Crippen LogP contribution in [0.3, 0.4) is 0 Å². The van der Waals surface area contributed by atoms with E-state index in [-0.39, 0.29) is 18.1 Å². The van der Waals surface area contributed by atoms with E-state index in [1.807, 2.05) is 0 Å². The molecule has 1 aromatic heterocycles. The molecule has 4 rings (SSSR count). The first-order chi connectivity index (χ1) is 12.2. The largest absolute Gasteiger partial charge is 0.507 e. The molecule has 2 heterocycles. The first-order valence-corrected chi connectivity index (χ1v) is 8.85. The quantitative estimate of drug-likeness (QED) is 0.887. The van der Waals surface area contributed by atoms with E-state index in [1.54, 1.807) is 24.3 Å². The number of aromatic hydroxyl groups is 1. The number of rotatable bonds is 3. The lowest BCUT2D eigenvalue weighted by Crippen LogP contribution is -2.28. The summed E-state index contributed by atoms with van der Waals surface area (Å²) in [4.78, 5) is 18.9. The van der Waals surface area contributed by atoms with E-state index < -0.39 is 6.10 Å². The summed E-state index contributed by atoms with van der Waals surface area (Å²) in [6, 6.07) is 9.02. The van der Waals surface area contributed by atoms with Crippen molar-refractivity contribution >= 4 is 28.0 Å². The topological polar surface area (TPSA) is 94.7 Å². The molecule has 1 aliphatic carbocycles. The SMILES string of the molecule is N#Cc1c(NC(=O)[C@H]2CC(c3ccccc3O)=NO2)sc2c1CCC2. The van der Waals surface area contributed by atoms with Crippen LogP contribution >= 0.6 is 11.3 Å². The highest BCUT2D eigenvalue weighted by atomic mass is 32.1. The van der Waals surface area contributed by atoms with Crippen LogP contribution in [0, 0.1) is 11.3 Å². The van der Waals surface area contributed by atoms with Crippen molar-refractivity contribution < 1.29 is 14.7 Å². The van der Waals surface area contributed by atoms with Gasteiger partial charge in [-0.25, -0.2) is 0 Å². The summed E-state index contributed by atoms with van der Waals surface area (Å²) in [6.07, 6.45) is 2.43. The third kappa shape index (κ3) is 2.75. The van der Waals surface area contributed by atoms with Gasteiger partial charge in [-0.2, -0.15) is 5.26 Å². The van der Waals surface area contributed by atoms with Crippen LogP contribution in [-0.4, -0.2) is 22.8 Å². The van der Waals surface area contributed by atoms with Gasteiger partial charge in [-0.1, -0.05) is 17.3 Å². The molecule has 126 valence electrons. The van der Waals surface area contributed by atoms with Crippen LogP contribution in [0.5, 0.6) is 5.75 Å². The van der Waals surface area contributed by atoms with Crippen LogP contribution in [-0.2, 0) is 22.5 Å². The van der Waals surface area contributed by atoms with Crippen molar-refractivity contribution in [1.29, 1.82) is 5.26 Å². The molecule has 2 N–H and O–H groups in total. The number of para-hydroxylation sites is 1. The average molecular weight is 353 g/mol. The third-order valence-corrected chi connectivity index (χ3v) is 5.65. The van der Waals surface area contributed by atoms with E-state index in [2.05, 4.69) is 16.5 Å². The zero-order valence-electron chi connectivity index (χ0n) is 13.3. The molecule has 25 heavy (non-hydrogen) atoms. The lowest BCUT2D eigenvalue weighted by Gasteiger charge is -2.09. The van der Waals surface area contributed by atoms with E-state index in [4.69, 9.17) is 4.84 Å². The van der Waals surface area contributed by atoms with Crippen molar-refractivity contribution in [3.63, 3.8) is 0 Å². The molecule has 7 heteroatoms. The Morgan fingerprint density at radius 2 is 2.24 bits per heavy atom. The van der Waals surface area contributed by atoms with Crippen LogP contribution in [0.1, 0.15) is 34.4 Å². The van der Waals surface area contributed by atoms with E-state index in [0.717, 1.165) is 24.8 Å². The van der Waals surface area contributed by atoms with Crippen molar-refractivity contribution in [2.75, 3.05) is 5.32 Å². The van der Waals surface area contributed by atoms with E-state index in [1.165, 1.54) is 16.2 Å². The predicted octanol–water partition coefficient (Wildman–Crippen LogP) is 2.95. The first kappa shape index (κ1) is 15.7. The minimum atomic E-state index is -0.766. The number of phenols is 1. The molecule has 1 amide bonds. The van der Waals surface area contributed by atoms with Crippen molar-refractivity contribution in [1.82, 2.24) is 0 Å². The van der Waals surface area contributed by atoms with Gasteiger partial charge < -0.3 is 15.3 Å². The highest BCUT2D eigenvalue weighted by Gasteiger charge is 2.31. The lowest BCUT2D eigenvalue weighted by atomic mass is 10.0. The first-order valence-electron chi connectivity index (χ1n) is 8.04. The Kier molecular flexibility index (Phi) is 3.90. The molecule has 1 atom stereocenters. The molecule has 0 radical (unpaired) electrons. The molecule has 0 saturated carbocycles. The van der Waals surface area contributed by atoms with Gasteiger partial charge in [-0.15, -0.1) is 11.3 Å². The fourth-order valence-corrected chi connectivity index (χ4v) is 4.44.